The molecule has 1 aliphatic heterocycles. The third-order valence-electron chi connectivity index (χ3n) is 7.35. The number of halogens is 1. The van der Waals surface area contributed by atoms with Crippen molar-refractivity contribution in [2.45, 2.75) is 12.5 Å². The first kappa shape index (κ1) is 22.2. The predicted molar refractivity (Wildman–Crippen MR) is 133 cm³/mol. The van der Waals surface area contributed by atoms with Gasteiger partial charge in [0.1, 0.15) is 17.1 Å². The van der Waals surface area contributed by atoms with Crippen LogP contribution in [0.5, 0.6) is 5.75 Å². The fraction of sp³-hybridized carbons (Fsp3) is 0.400. The van der Waals surface area contributed by atoms with Crippen molar-refractivity contribution in [3.63, 3.8) is 0 Å². The second-order valence-corrected chi connectivity index (χ2v) is 9.64. The topological polar surface area (TPSA) is 113 Å². The van der Waals surface area contributed by atoms with Crippen LogP contribution in [0.4, 0.5) is 11.4 Å². The Hall–Kier alpha value is -3.30. The standard InChI is InChI=1S/C25H26ClN5O4/c1-34-18-11-15(31-6-8-35-9-7-31)4-5-16(18)23-29-22-21(17(26)12-27-24(22)30-23)28-20-14-3-2-13(10-14)19(20)25(32)33/h2-5,11-14,19-20H,6-10H2,1H3,(H,32,33)(H2,27,28,29,30)/t13-,14+,19+,20-/m1/s1. The Morgan fingerprint density at radius 1 is 1.29 bits per heavy atom. The Labute approximate surface area is 207 Å². The van der Waals surface area contributed by atoms with E-state index in [0.29, 0.717) is 46.7 Å². The monoisotopic (exact) mass is 495 g/mol. The van der Waals surface area contributed by atoms with Crippen LogP contribution in [0, 0.1) is 17.8 Å². The molecule has 1 saturated heterocycles. The Kier molecular flexibility index (Phi) is 5.53. The molecular formula is C25H26ClN5O4. The number of pyridine rings is 1. The van der Waals surface area contributed by atoms with E-state index in [9.17, 15) is 9.90 Å². The lowest BCUT2D eigenvalue weighted by Crippen LogP contribution is -2.37. The lowest BCUT2D eigenvalue weighted by Gasteiger charge is -2.29. The summed E-state index contributed by atoms with van der Waals surface area (Å²) in [5.41, 5.74) is 3.63. The lowest BCUT2D eigenvalue weighted by atomic mass is 9.89. The number of anilines is 2. The number of aromatic amines is 1. The molecule has 35 heavy (non-hydrogen) atoms. The number of nitrogens with zero attached hydrogens (tertiary/aromatic N) is 3. The highest BCUT2D eigenvalue weighted by atomic mass is 35.5. The number of benzene rings is 1. The van der Waals surface area contributed by atoms with E-state index in [2.05, 4.69) is 32.3 Å². The van der Waals surface area contributed by atoms with Gasteiger partial charge >= 0.3 is 5.97 Å². The van der Waals surface area contributed by atoms with Crippen LogP contribution in [0.25, 0.3) is 22.6 Å². The molecule has 182 valence electrons. The van der Waals surface area contributed by atoms with Crippen LogP contribution >= 0.6 is 11.6 Å². The van der Waals surface area contributed by atoms with Crippen molar-refractivity contribution >= 4 is 40.1 Å². The third kappa shape index (κ3) is 3.79. The molecule has 3 N–H and O–H groups in total. The van der Waals surface area contributed by atoms with Crippen molar-refractivity contribution in [1.82, 2.24) is 15.0 Å². The number of H-pyrrole nitrogens is 1. The molecule has 9 nitrogen and oxygen atoms in total. The largest absolute Gasteiger partial charge is 0.496 e. The number of ether oxygens (including phenoxy) is 2. The van der Waals surface area contributed by atoms with Gasteiger partial charge in [-0.1, -0.05) is 23.8 Å². The second-order valence-electron chi connectivity index (χ2n) is 9.23. The summed E-state index contributed by atoms with van der Waals surface area (Å²) < 4.78 is 11.2. The number of imidazole rings is 1. The lowest BCUT2D eigenvalue weighted by molar-refractivity contribution is -0.142. The molecule has 2 aliphatic carbocycles. The summed E-state index contributed by atoms with van der Waals surface area (Å²) in [6, 6.07) is 5.79. The van der Waals surface area contributed by atoms with Gasteiger partial charge in [0.15, 0.2) is 5.65 Å². The average molecular weight is 496 g/mol. The van der Waals surface area contributed by atoms with E-state index in [-0.39, 0.29) is 17.9 Å². The predicted octanol–water partition coefficient (Wildman–Crippen LogP) is 3.81. The fourth-order valence-electron chi connectivity index (χ4n) is 5.62. The number of aromatic nitrogens is 3. The molecule has 3 aromatic rings. The molecule has 2 aromatic heterocycles. The highest BCUT2D eigenvalue weighted by Crippen LogP contribution is 2.46. The summed E-state index contributed by atoms with van der Waals surface area (Å²) >= 11 is 6.55. The van der Waals surface area contributed by atoms with E-state index in [1.54, 1.807) is 13.3 Å². The quantitative estimate of drug-likeness (QED) is 0.442. The molecule has 4 atom stereocenters. The molecule has 3 heterocycles. The number of fused-ring (bicyclic) bond motifs is 3. The van der Waals surface area contributed by atoms with Gasteiger partial charge < -0.3 is 29.8 Å². The van der Waals surface area contributed by atoms with Gasteiger partial charge in [-0.3, -0.25) is 4.79 Å². The molecule has 2 fully saturated rings. The first-order chi connectivity index (χ1) is 17.0. The molecule has 0 radical (unpaired) electrons. The number of carboxylic acid groups (broad SMARTS) is 1. The maximum Gasteiger partial charge on any atom is 0.309 e. The van der Waals surface area contributed by atoms with Crippen molar-refractivity contribution in [2.75, 3.05) is 43.6 Å². The summed E-state index contributed by atoms with van der Waals surface area (Å²) in [7, 11) is 1.64. The number of aliphatic carboxylic acids is 1. The van der Waals surface area contributed by atoms with Gasteiger partial charge in [-0.2, -0.15) is 0 Å². The molecule has 10 heteroatoms. The number of carbonyl (C=O) groups is 1. The van der Waals surface area contributed by atoms with E-state index in [0.717, 1.165) is 30.8 Å². The van der Waals surface area contributed by atoms with Crippen LogP contribution in [0.2, 0.25) is 5.02 Å². The van der Waals surface area contributed by atoms with Gasteiger partial charge in [-0.15, -0.1) is 0 Å². The fourth-order valence-corrected chi connectivity index (χ4v) is 5.82. The van der Waals surface area contributed by atoms with Crippen molar-refractivity contribution in [3.8, 4) is 17.1 Å². The van der Waals surface area contributed by atoms with E-state index in [4.69, 9.17) is 26.1 Å². The SMILES string of the molecule is COc1cc(N2CCOCC2)ccc1-c1nc2ncc(Cl)c(N[C@H]3[C@@H](C(=O)O)[C@@H]4C=C[C@H]3C4)c2[nH]1. The van der Waals surface area contributed by atoms with E-state index < -0.39 is 11.9 Å². The Morgan fingerprint density at radius 3 is 2.86 bits per heavy atom. The first-order valence-electron chi connectivity index (χ1n) is 11.8. The van der Waals surface area contributed by atoms with E-state index in [1.807, 2.05) is 18.2 Å². The molecule has 1 saturated carbocycles. The number of hydrogen-bond donors (Lipinski definition) is 3. The Morgan fingerprint density at radius 2 is 2.09 bits per heavy atom. The van der Waals surface area contributed by atoms with Crippen LogP contribution in [0.3, 0.4) is 0 Å². The molecule has 0 unspecified atom stereocenters. The van der Waals surface area contributed by atoms with Crippen LogP contribution in [-0.4, -0.2) is 65.5 Å². The van der Waals surface area contributed by atoms with Gasteiger partial charge in [0, 0.05) is 30.9 Å². The minimum Gasteiger partial charge on any atom is -0.496 e. The zero-order valence-electron chi connectivity index (χ0n) is 19.2. The molecule has 1 aromatic carbocycles. The minimum absolute atomic E-state index is 0.0395. The highest BCUT2D eigenvalue weighted by Gasteiger charge is 2.48. The molecular weight excluding hydrogens is 470 g/mol. The van der Waals surface area contributed by atoms with Gasteiger partial charge in [-0.25, -0.2) is 9.97 Å². The molecule has 2 bridgehead atoms. The Balaban J connectivity index is 1.36. The first-order valence-corrected chi connectivity index (χ1v) is 12.1. The van der Waals surface area contributed by atoms with Gasteiger partial charge in [0.05, 0.1) is 48.7 Å². The third-order valence-corrected chi connectivity index (χ3v) is 7.63. The number of methoxy groups -OCH3 is 1. The summed E-state index contributed by atoms with van der Waals surface area (Å²) in [5, 5.41) is 13.7. The molecule has 6 rings (SSSR count). The number of morpholine rings is 1. The number of nitrogens with one attached hydrogen (secondary N) is 2. The second kappa shape index (κ2) is 8.73. The molecule has 0 amide bonds. The zero-order chi connectivity index (χ0) is 24.1. The summed E-state index contributed by atoms with van der Waals surface area (Å²) in [6.45, 7) is 3.08. The van der Waals surface area contributed by atoms with E-state index in [1.165, 1.54) is 0 Å². The van der Waals surface area contributed by atoms with Crippen molar-refractivity contribution in [1.29, 1.82) is 0 Å². The minimum atomic E-state index is -0.795. The van der Waals surface area contributed by atoms with Crippen LogP contribution in [-0.2, 0) is 9.53 Å². The van der Waals surface area contributed by atoms with Gasteiger partial charge in [0.25, 0.3) is 0 Å². The van der Waals surface area contributed by atoms with Crippen molar-refractivity contribution in [2.24, 2.45) is 17.8 Å². The highest BCUT2D eigenvalue weighted by molar-refractivity contribution is 6.34. The van der Waals surface area contributed by atoms with Crippen molar-refractivity contribution < 1.29 is 19.4 Å². The summed E-state index contributed by atoms with van der Waals surface area (Å²) in [6.07, 6.45) is 6.51. The Bertz CT molecular complexity index is 1320. The van der Waals surface area contributed by atoms with E-state index >= 15 is 0 Å². The maximum atomic E-state index is 12.0. The van der Waals surface area contributed by atoms with Gasteiger partial charge in [-0.05, 0) is 30.4 Å². The summed E-state index contributed by atoms with van der Waals surface area (Å²) in [5.74, 6) is 0.188. The van der Waals surface area contributed by atoms with Crippen molar-refractivity contribution in [3.05, 3.63) is 41.6 Å². The van der Waals surface area contributed by atoms with Gasteiger partial charge in [0.2, 0.25) is 0 Å². The molecule has 0 spiro atoms. The number of carboxylic acids is 1. The molecule has 3 aliphatic rings. The summed E-state index contributed by atoms with van der Waals surface area (Å²) in [4.78, 5) is 26.7. The zero-order valence-corrected chi connectivity index (χ0v) is 20.0. The number of hydrogen-bond acceptors (Lipinski definition) is 7. The van der Waals surface area contributed by atoms with Crippen LogP contribution in [0.1, 0.15) is 6.42 Å². The number of rotatable bonds is 6. The van der Waals surface area contributed by atoms with Crippen LogP contribution in [0.15, 0.2) is 36.5 Å². The average Bonchev–Trinajstić information content (AvgIpc) is 3.60. The maximum absolute atomic E-state index is 12.0. The number of allylic oxidation sites excluding steroid dienone is 1. The normalized spacial score (nSPS) is 25.4. The smallest absolute Gasteiger partial charge is 0.309 e. The van der Waals surface area contributed by atoms with Crippen LogP contribution < -0.4 is 15.0 Å².